The van der Waals surface area contributed by atoms with Crippen LogP contribution in [0, 0.1) is 13.8 Å². The monoisotopic (exact) mass is 405 g/mol. The second kappa shape index (κ2) is 9.26. The topological polar surface area (TPSA) is 63.0 Å². The Kier molecular flexibility index (Phi) is 6.73. The molecule has 0 saturated carbocycles. The van der Waals surface area contributed by atoms with Gasteiger partial charge in [-0.25, -0.2) is 4.57 Å². The predicted octanol–water partition coefficient (Wildman–Crippen LogP) is 3.48. The van der Waals surface area contributed by atoms with Gasteiger partial charge in [0.25, 0.3) is 0 Å². The third-order valence-corrected chi connectivity index (χ3v) is 5.85. The number of carboxylic acid groups (broad SMARTS) is 1. The van der Waals surface area contributed by atoms with Gasteiger partial charge in [0.2, 0.25) is 0 Å². The summed E-state index contributed by atoms with van der Waals surface area (Å²) < 4.78 is 2.34. The number of para-hydroxylation sites is 1. The Balaban J connectivity index is 0.000000589. The molecular formula is C25H31N3O2. The zero-order chi connectivity index (χ0) is 21.8. The van der Waals surface area contributed by atoms with Crippen LogP contribution in [0.3, 0.4) is 0 Å². The number of carbonyl (C=O) groups excluding carboxylic acids is 1. The number of benzene rings is 2. The molecule has 2 aromatic heterocycles. The second-order valence-corrected chi connectivity index (χ2v) is 7.70. The lowest BCUT2D eigenvalue weighted by molar-refractivity contribution is -0.695. The fraction of sp³-hybridized carbons (Fsp3) is 0.360. The Morgan fingerprint density at radius 1 is 1.03 bits per heavy atom. The van der Waals surface area contributed by atoms with Gasteiger partial charge >= 0.3 is 0 Å². The molecule has 0 atom stereocenters. The van der Waals surface area contributed by atoms with Crippen molar-refractivity contribution in [2.75, 3.05) is 19.6 Å². The molecule has 0 unspecified atom stereocenters. The number of aliphatic carboxylic acids is 1. The number of pyridine rings is 1. The molecule has 2 heterocycles. The molecule has 5 heteroatoms. The average Bonchev–Trinajstić information content (AvgIpc) is 3.12. The van der Waals surface area contributed by atoms with E-state index in [1.54, 1.807) is 0 Å². The Hall–Kier alpha value is -2.92. The summed E-state index contributed by atoms with van der Waals surface area (Å²) in [5, 5.41) is 14.3. The van der Waals surface area contributed by atoms with Crippen molar-refractivity contribution in [3.05, 3.63) is 53.9 Å². The van der Waals surface area contributed by atoms with E-state index in [9.17, 15) is 0 Å². The van der Waals surface area contributed by atoms with Crippen LogP contribution >= 0.6 is 0 Å². The number of nitrogens with one attached hydrogen (secondary N) is 1. The van der Waals surface area contributed by atoms with Gasteiger partial charge in [-0.1, -0.05) is 32.0 Å². The van der Waals surface area contributed by atoms with Crippen molar-refractivity contribution in [3.63, 3.8) is 0 Å². The van der Waals surface area contributed by atoms with E-state index in [1.807, 2.05) is 0 Å². The molecule has 30 heavy (non-hydrogen) atoms. The van der Waals surface area contributed by atoms with Gasteiger partial charge in [-0.3, -0.25) is 4.90 Å². The van der Waals surface area contributed by atoms with E-state index in [2.05, 4.69) is 84.9 Å². The maximum absolute atomic E-state index is 8.89. The average molecular weight is 406 g/mol. The third-order valence-electron chi connectivity index (χ3n) is 5.85. The first-order valence-corrected chi connectivity index (χ1v) is 10.6. The first-order valence-electron chi connectivity index (χ1n) is 10.6. The molecule has 158 valence electrons. The zero-order valence-electron chi connectivity index (χ0n) is 18.6. The lowest BCUT2D eigenvalue weighted by atomic mass is 9.97. The molecule has 0 fully saturated rings. The number of hydrogen-bond donors (Lipinski definition) is 1. The van der Waals surface area contributed by atoms with Gasteiger partial charge in [-0.15, -0.1) is 0 Å². The van der Waals surface area contributed by atoms with Crippen LogP contribution in [0.4, 0.5) is 0 Å². The largest absolute Gasteiger partial charge is 0.550 e. The quantitative estimate of drug-likeness (QED) is 0.517. The predicted molar refractivity (Wildman–Crippen MR) is 121 cm³/mol. The Morgan fingerprint density at radius 2 is 1.70 bits per heavy atom. The minimum atomic E-state index is -1.08. The molecule has 0 radical (unpaired) electrons. The van der Waals surface area contributed by atoms with Crippen LogP contribution in [0.5, 0.6) is 0 Å². The van der Waals surface area contributed by atoms with E-state index >= 15 is 0 Å². The highest BCUT2D eigenvalue weighted by Crippen LogP contribution is 2.35. The summed E-state index contributed by atoms with van der Waals surface area (Å²) in [5.41, 5.74) is 5.21. The Bertz CT molecular complexity index is 1190. The van der Waals surface area contributed by atoms with Crippen molar-refractivity contribution in [1.82, 2.24) is 9.88 Å². The van der Waals surface area contributed by atoms with Crippen LogP contribution in [0.25, 0.3) is 32.6 Å². The molecule has 0 aliphatic rings. The van der Waals surface area contributed by atoms with Gasteiger partial charge in [0, 0.05) is 33.7 Å². The summed E-state index contributed by atoms with van der Waals surface area (Å²) in [6, 6.07) is 10.9. The van der Waals surface area contributed by atoms with Gasteiger partial charge in [-0.05, 0) is 56.4 Å². The summed E-state index contributed by atoms with van der Waals surface area (Å²) in [7, 11) is 0. The number of aromatic nitrogens is 2. The second-order valence-electron chi connectivity index (χ2n) is 7.70. The van der Waals surface area contributed by atoms with E-state index in [4.69, 9.17) is 9.90 Å². The summed E-state index contributed by atoms with van der Waals surface area (Å²) in [5.74, 6) is -1.08. The highest BCUT2D eigenvalue weighted by Gasteiger charge is 2.16. The number of rotatable bonds is 5. The number of H-pyrrole nitrogens is 1. The summed E-state index contributed by atoms with van der Waals surface area (Å²) in [6.45, 7) is 14.3. The highest BCUT2D eigenvalue weighted by atomic mass is 16.4. The van der Waals surface area contributed by atoms with E-state index in [0.717, 1.165) is 33.1 Å². The molecule has 4 aromatic rings. The number of likely N-dealkylation sites (N-methyl/N-ethyl adjacent to an activating group) is 1. The number of carboxylic acids is 1. The van der Waals surface area contributed by atoms with Crippen LogP contribution in [-0.4, -0.2) is 35.5 Å². The van der Waals surface area contributed by atoms with Crippen molar-refractivity contribution in [3.8, 4) is 0 Å². The van der Waals surface area contributed by atoms with Gasteiger partial charge in [0.15, 0.2) is 18.9 Å². The van der Waals surface area contributed by atoms with Gasteiger partial charge in [-0.2, -0.15) is 0 Å². The third kappa shape index (κ3) is 4.31. The molecule has 0 spiro atoms. The number of hydrogen-bond acceptors (Lipinski definition) is 3. The van der Waals surface area contributed by atoms with Crippen molar-refractivity contribution in [1.29, 1.82) is 0 Å². The van der Waals surface area contributed by atoms with Crippen molar-refractivity contribution in [2.45, 2.75) is 41.2 Å². The smallest absolute Gasteiger partial charge is 0.176 e. The minimum absolute atomic E-state index is 0.972. The Morgan fingerprint density at radius 3 is 2.37 bits per heavy atom. The van der Waals surface area contributed by atoms with E-state index in [1.165, 1.54) is 43.7 Å². The SMILES string of the molecule is CC(=O)[O-].CCN(CC)CC[n+]1ccc2c(C)c3[nH]c4ccccc4c3c(C)c2c1. The van der Waals surface area contributed by atoms with Gasteiger partial charge in [0.1, 0.15) is 0 Å². The molecule has 1 N–H and O–H groups in total. The number of aromatic amines is 1. The molecule has 4 rings (SSSR count). The van der Waals surface area contributed by atoms with Crippen LogP contribution in [-0.2, 0) is 11.3 Å². The lowest BCUT2D eigenvalue weighted by Crippen LogP contribution is -2.40. The fourth-order valence-corrected chi connectivity index (χ4v) is 4.18. The number of carbonyl (C=O) groups is 1. The molecular weight excluding hydrogens is 374 g/mol. The molecule has 0 aliphatic carbocycles. The summed E-state index contributed by atoms with van der Waals surface area (Å²) in [6.07, 6.45) is 4.56. The fourth-order valence-electron chi connectivity index (χ4n) is 4.18. The molecule has 0 amide bonds. The van der Waals surface area contributed by atoms with E-state index < -0.39 is 5.97 Å². The van der Waals surface area contributed by atoms with E-state index in [0.29, 0.717) is 0 Å². The Labute approximate surface area is 177 Å². The number of fused-ring (bicyclic) bond motifs is 4. The summed E-state index contributed by atoms with van der Waals surface area (Å²) in [4.78, 5) is 15.0. The van der Waals surface area contributed by atoms with Crippen LogP contribution in [0.15, 0.2) is 42.7 Å². The van der Waals surface area contributed by atoms with Gasteiger partial charge < -0.3 is 14.9 Å². The van der Waals surface area contributed by atoms with Crippen molar-refractivity contribution >= 4 is 38.5 Å². The highest BCUT2D eigenvalue weighted by molar-refractivity contribution is 6.16. The van der Waals surface area contributed by atoms with Crippen LogP contribution in [0.1, 0.15) is 31.9 Å². The standard InChI is InChI=1S/C23H27N3.C2H4O2/c1-5-25(6-2)13-14-26-12-11-18-17(4)23-22(16(3)20(18)15-26)19-9-7-8-10-21(19)24-23;1-2(3)4/h7-12,15H,5-6,13-14H2,1-4H3;1H3,(H,3,4). The molecule has 0 aliphatic heterocycles. The lowest BCUT2D eigenvalue weighted by Gasteiger charge is -2.15. The van der Waals surface area contributed by atoms with Gasteiger partial charge in [0.05, 0.1) is 12.1 Å². The van der Waals surface area contributed by atoms with Crippen molar-refractivity contribution in [2.24, 2.45) is 0 Å². The first kappa shape index (κ1) is 21.8. The maximum Gasteiger partial charge on any atom is 0.176 e. The normalized spacial score (nSPS) is 11.3. The van der Waals surface area contributed by atoms with E-state index in [-0.39, 0.29) is 0 Å². The summed E-state index contributed by atoms with van der Waals surface area (Å²) >= 11 is 0. The van der Waals surface area contributed by atoms with Crippen LogP contribution < -0.4 is 9.67 Å². The van der Waals surface area contributed by atoms with Crippen molar-refractivity contribution < 1.29 is 14.5 Å². The molecule has 0 bridgehead atoms. The minimum Gasteiger partial charge on any atom is -0.550 e. The maximum atomic E-state index is 8.89. The van der Waals surface area contributed by atoms with Crippen LogP contribution in [0.2, 0.25) is 0 Å². The number of aryl methyl sites for hydroxylation is 2. The first-order chi connectivity index (χ1) is 14.4. The molecule has 2 aromatic carbocycles. The number of nitrogens with zero attached hydrogens (tertiary/aromatic N) is 2. The molecule has 0 saturated heterocycles. The zero-order valence-corrected chi connectivity index (χ0v) is 18.6. The molecule has 5 nitrogen and oxygen atoms in total.